The summed E-state index contributed by atoms with van der Waals surface area (Å²) < 4.78 is 5.22. The summed E-state index contributed by atoms with van der Waals surface area (Å²) in [7, 11) is 1.59. The fourth-order valence-corrected chi connectivity index (χ4v) is 2.71. The molecule has 21 heavy (non-hydrogen) atoms. The van der Waals surface area contributed by atoms with E-state index in [1.807, 2.05) is 35.2 Å². The second-order valence-corrected chi connectivity index (χ2v) is 5.13. The highest BCUT2D eigenvalue weighted by Gasteiger charge is 2.31. The maximum atomic E-state index is 12.2. The van der Waals surface area contributed by atoms with E-state index in [-0.39, 0.29) is 11.8 Å². The molecule has 1 saturated heterocycles. The zero-order chi connectivity index (χ0) is 14.7. The Bertz CT molecular complexity index is 630. The molecule has 0 saturated carbocycles. The van der Waals surface area contributed by atoms with Crippen molar-refractivity contribution in [2.45, 2.75) is 12.8 Å². The average Bonchev–Trinajstić information content (AvgIpc) is 2.89. The van der Waals surface area contributed by atoms with Gasteiger partial charge in [-0.05, 0) is 18.1 Å². The standard InChI is InChI=1S/C16H17N3O2/c1-21-16-14(17-7-8-18-16)9-12-10-15(20)19(11-12)13-5-3-2-4-6-13/h2-8,12H,9-11H2,1H3. The molecule has 108 valence electrons. The number of hydrogen-bond acceptors (Lipinski definition) is 4. The minimum absolute atomic E-state index is 0.161. The van der Waals surface area contributed by atoms with Gasteiger partial charge in [-0.15, -0.1) is 0 Å². The van der Waals surface area contributed by atoms with Crippen molar-refractivity contribution in [2.24, 2.45) is 5.92 Å². The van der Waals surface area contributed by atoms with Crippen LogP contribution in [0.25, 0.3) is 0 Å². The number of nitrogens with zero attached hydrogens (tertiary/aromatic N) is 3. The van der Waals surface area contributed by atoms with Gasteiger partial charge < -0.3 is 9.64 Å². The highest BCUT2D eigenvalue weighted by Crippen LogP contribution is 2.28. The summed E-state index contributed by atoms with van der Waals surface area (Å²) in [5.74, 6) is 0.945. The van der Waals surface area contributed by atoms with Crippen LogP contribution in [-0.4, -0.2) is 29.5 Å². The van der Waals surface area contributed by atoms with E-state index < -0.39 is 0 Å². The molecule has 0 bridgehead atoms. The first kappa shape index (κ1) is 13.5. The van der Waals surface area contributed by atoms with Gasteiger partial charge >= 0.3 is 0 Å². The molecule has 2 aromatic rings. The summed E-state index contributed by atoms with van der Waals surface area (Å²) in [6.45, 7) is 0.711. The molecule has 2 heterocycles. The Morgan fingerprint density at radius 1 is 1.24 bits per heavy atom. The lowest BCUT2D eigenvalue weighted by Gasteiger charge is -2.16. The largest absolute Gasteiger partial charge is 0.480 e. The van der Waals surface area contributed by atoms with Crippen molar-refractivity contribution in [2.75, 3.05) is 18.6 Å². The Morgan fingerprint density at radius 2 is 2.00 bits per heavy atom. The fraction of sp³-hybridized carbons (Fsp3) is 0.312. The van der Waals surface area contributed by atoms with E-state index in [1.165, 1.54) is 0 Å². The molecule has 0 aliphatic carbocycles. The number of rotatable bonds is 4. The van der Waals surface area contributed by atoms with Crippen LogP contribution < -0.4 is 9.64 Å². The number of hydrogen-bond donors (Lipinski definition) is 0. The van der Waals surface area contributed by atoms with Crippen molar-refractivity contribution in [3.63, 3.8) is 0 Å². The predicted octanol–water partition coefficient (Wildman–Crippen LogP) is 2.08. The first-order valence-electron chi connectivity index (χ1n) is 6.97. The Balaban J connectivity index is 1.73. The number of ether oxygens (including phenoxy) is 1. The van der Waals surface area contributed by atoms with E-state index in [2.05, 4.69) is 9.97 Å². The number of methoxy groups -OCH3 is 1. The lowest BCUT2D eigenvalue weighted by Crippen LogP contribution is -2.24. The van der Waals surface area contributed by atoms with Crippen molar-refractivity contribution < 1.29 is 9.53 Å². The highest BCUT2D eigenvalue weighted by molar-refractivity contribution is 5.95. The van der Waals surface area contributed by atoms with Crippen molar-refractivity contribution in [1.29, 1.82) is 0 Å². The lowest BCUT2D eigenvalue weighted by atomic mass is 10.0. The number of aromatic nitrogens is 2. The maximum Gasteiger partial charge on any atom is 0.235 e. The quantitative estimate of drug-likeness (QED) is 0.862. The van der Waals surface area contributed by atoms with Gasteiger partial charge in [-0.25, -0.2) is 4.98 Å². The average molecular weight is 283 g/mol. The Labute approximate surface area is 123 Å². The summed E-state index contributed by atoms with van der Waals surface area (Å²) in [5.41, 5.74) is 1.77. The SMILES string of the molecule is COc1nccnc1CC1CC(=O)N(c2ccccc2)C1. The number of benzene rings is 1. The summed E-state index contributed by atoms with van der Waals surface area (Å²) >= 11 is 0. The summed E-state index contributed by atoms with van der Waals surface area (Å²) in [5, 5.41) is 0. The molecule has 1 aromatic carbocycles. The van der Waals surface area contributed by atoms with Crippen molar-refractivity contribution in [3.8, 4) is 5.88 Å². The molecule has 1 aromatic heterocycles. The van der Waals surface area contributed by atoms with Gasteiger partial charge in [-0.3, -0.25) is 9.78 Å². The topological polar surface area (TPSA) is 55.3 Å². The molecule has 1 atom stereocenters. The van der Waals surface area contributed by atoms with Crippen LogP contribution in [0, 0.1) is 5.92 Å². The second kappa shape index (κ2) is 5.91. The lowest BCUT2D eigenvalue weighted by molar-refractivity contribution is -0.117. The van der Waals surface area contributed by atoms with Crippen LogP contribution in [0.2, 0.25) is 0 Å². The van der Waals surface area contributed by atoms with Gasteiger partial charge in [0.25, 0.3) is 0 Å². The number of carbonyl (C=O) groups excluding carboxylic acids is 1. The van der Waals surface area contributed by atoms with Crippen LogP contribution in [0.15, 0.2) is 42.7 Å². The van der Waals surface area contributed by atoms with Gasteiger partial charge in [0.1, 0.15) is 5.69 Å². The van der Waals surface area contributed by atoms with E-state index in [0.29, 0.717) is 25.3 Å². The van der Waals surface area contributed by atoms with E-state index in [0.717, 1.165) is 11.4 Å². The highest BCUT2D eigenvalue weighted by atomic mass is 16.5. The molecule has 1 amide bonds. The van der Waals surface area contributed by atoms with E-state index in [1.54, 1.807) is 19.5 Å². The molecule has 1 aliphatic heterocycles. The summed E-state index contributed by atoms with van der Waals surface area (Å²) in [4.78, 5) is 22.5. The van der Waals surface area contributed by atoms with Crippen molar-refractivity contribution >= 4 is 11.6 Å². The molecule has 0 N–H and O–H groups in total. The smallest absolute Gasteiger partial charge is 0.235 e. The monoisotopic (exact) mass is 283 g/mol. The number of amides is 1. The molecule has 1 unspecified atom stereocenters. The van der Waals surface area contributed by atoms with Crippen LogP contribution in [0.3, 0.4) is 0 Å². The number of para-hydroxylation sites is 1. The molecule has 0 radical (unpaired) electrons. The fourth-order valence-electron chi connectivity index (χ4n) is 2.71. The minimum Gasteiger partial charge on any atom is -0.480 e. The van der Waals surface area contributed by atoms with Gasteiger partial charge in [-0.2, -0.15) is 0 Å². The molecule has 5 nitrogen and oxygen atoms in total. The van der Waals surface area contributed by atoms with Gasteiger partial charge in [0.2, 0.25) is 11.8 Å². The molecule has 1 aliphatic rings. The minimum atomic E-state index is 0.161. The molecule has 1 fully saturated rings. The van der Waals surface area contributed by atoms with Crippen molar-refractivity contribution in [1.82, 2.24) is 9.97 Å². The zero-order valence-electron chi connectivity index (χ0n) is 11.9. The van der Waals surface area contributed by atoms with Gasteiger partial charge in [-0.1, -0.05) is 18.2 Å². The molecular formula is C16H17N3O2. The Morgan fingerprint density at radius 3 is 2.76 bits per heavy atom. The first-order valence-corrected chi connectivity index (χ1v) is 6.97. The van der Waals surface area contributed by atoms with Gasteiger partial charge in [0.15, 0.2) is 0 Å². The van der Waals surface area contributed by atoms with E-state index in [4.69, 9.17) is 4.74 Å². The maximum absolute atomic E-state index is 12.2. The normalized spacial score (nSPS) is 18.0. The Hall–Kier alpha value is -2.43. The van der Waals surface area contributed by atoms with E-state index >= 15 is 0 Å². The second-order valence-electron chi connectivity index (χ2n) is 5.13. The van der Waals surface area contributed by atoms with Crippen molar-refractivity contribution in [3.05, 3.63) is 48.4 Å². The van der Waals surface area contributed by atoms with Crippen LogP contribution in [0.1, 0.15) is 12.1 Å². The first-order chi connectivity index (χ1) is 10.3. The number of carbonyl (C=O) groups is 1. The molecule has 3 rings (SSSR count). The van der Waals surface area contributed by atoms with Crippen LogP contribution >= 0.6 is 0 Å². The third kappa shape index (κ3) is 2.86. The predicted molar refractivity (Wildman–Crippen MR) is 79.2 cm³/mol. The third-order valence-electron chi connectivity index (χ3n) is 3.68. The van der Waals surface area contributed by atoms with Crippen LogP contribution in [-0.2, 0) is 11.2 Å². The van der Waals surface area contributed by atoms with Crippen LogP contribution in [0.4, 0.5) is 5.69 Å². The molecular weight excluding hydrogens is 266 g/mol. The molecule has 5 heteroatoms. The van der Waals surface area contributed by atoms with Crippen LogP contribution in [0.5, 0.6) is 5.88 Å². The zero-order valence-corrected chi connectivity index (χ0v) is 11.9. The summed E-state index contributed by atoms with van der Waals surface area (Å²) in [6.07, 6.45) is 4.50. The van der Waals surface area contributed by atoms with E-state index in [9.17, 15) is 4.79 Å². The number of anilines is 1. The van der Waals surface area contributed by atoms with Gasteiger partial charge in [0.05, 0.1) is 7.11 Å². The third-order valence-corrected chi connectivity index (χ3v) is 3.68. The molecule has 0 spiro atoms. The summed E-state index contributed by atoms with van der Waals surface area (Å²) in [6, 6.07) is 9.77. The van der Waals surface area contributed by atoms with Gasteiger partial charge in [0, 0.05) is 37.5 Å². The Kier molecular flexibility index (Phi) is 3.81.